The summed E-state index contributed by atoms with van der Waals surface area (Å²) in [6, 6.07) is 8.59. The van der Waals surface area contributed by atoms with E-state index in [1.165, 1.54) is 13.2 Å². The van der Waals surface area contributed by atoms with Gasteiger partial charge in [-0.2, -0.15) is 9.72 Å². The summed E-state index contributed by atoms with van der Waals surface area (Å²) in [6.45, 7) is 3.73. The van der Waals surface area contributed by atoms with E-state index < -0.39 is 21.6 Å². The van der Waals surface area contributed by atoms with Crippen molar-refractivity contribution in [1.29, 1.82) is 0 Å². The largest absolute Gasteiger partial charge is 0.732 e. The molecule has 1 N–H and O–H groups in total. The number of hydrogen-bond donors (Lipinski definition) is 1. The Kier molecular flexibility index (Phi) is 5.10. The zero-order valence-electron chi connectivity index (χ0n) is 18.8. The fourth-order valence-corrected chi connectivity index (χ4v) is 8.22. The summed E-state index contributed by atoms with van der Waals surface area (Å²) in [5, 5.41) is 9.42. The van der Waals surface area contributed by atoms with Crippen molar-refractivity contribution in [2.75, 3.05) is 41.9 Å². The van der Waals surface area contributed by atoms with Gasteiger partial charge >= 0.3 is 0 Å². The van der Waals surface area contributed by atoms with Crippen molar-refractivity contribution in [3.8, 4) is 0 Å². The number of aliphatic hydroxyl groups is 1. The van der Waals surface area contributed by atoms with Crippen LogP contribution in [0.2, 0.25) is 0 Å². The Morgan fingerprint density at radius 3 is 2.76 bits per heavy atom. The molecule has 33 heavy (non-hydrogen) atoms. The van der Waals surface area contributed by atoms with Crippen molar-refractivity contribution in [3.63, 3.8) is 0 Å². The summed E-state index contributed by atoms with van der Waals surface area (Å²) in [7, 11) is -3.77. The Labute approximate surface area is 192 Å². The normalized spacial score (nSPS) is 28.4. The first-order chi connectivity index (χ1) is 15.5. The van der Waals surface area contributed by atoms with Crippen molar-refractivity contribution >= 4 is 21.2 Å². The Hall–Kier alpha value is -2.14. The third-order valence-electron chi connectivity index (χ3n) is 7.21. The Morgan fingerprint density at radius 1 is 1.33 bits per heavy atom. The van der Waals surface area contributed by atoms with E-state index in [1.807, 2.05) is 6.07 Å². The molecule has 0 bridgehead atoms. The van der Waals surface area contributed by atoms with Gasteiger partial charge in [0.05, 0.1) is 10.6 Å². The number of aryl methyl sites for hydroxylation is 1. The molecule has 2 aliphatic heterocycles. The molecular weight excluding hydrogens is 450 g/mol. The first-order valence-electron chi connectivity index (χ1n) is 11.2. The number of anilines is 2. The molecule has 1 saturated carbocycles. The van der Waals surface area contributed by atoms with Crippen LogP contribution in [0.15, 0.2) is 41.4 Å². The molecule has 2 atom stereocenters. The molecular formula is C23H29F2N4O3S-. The smallest absolute Gasteiger partial charge is 0.253 e. The predicted octanol–water partition coefficient (Wildman–Crippen LogP) is 2.96. The number of sulfonamides is 2. The van der Waals surface area contributed by atoms with Crippen LogP contribution in [0.1, 0.15) is 24.0 Å². The number of benzene rings is 1. The van der Waals surface area contributed by atoms with E-state index in [9.17, 15) is 22.6 Å². The fourth-order valence-electron chi connectivity index (χ4n) is 5.05. The maximum Gasteiger partial charge on any atom is 0.253 e. The van der Waals surface area contributed by atoms with E-state index in [0.29, 0.717) is 17.8 Å². The number of aromatic nitrogens is 1. The van der Waals surface area contributed by atoms with Gasteiger partial charge in [0, 0.05) is 51.8 Å². The van der Waals surface area contributed by atoms with Gasteiger partial charge in [-0.25, -0.2) is 18.0 Å². The van der Waals surface area contributed by atoms with Crippen LogP contribution in [0.4, 0.5) is 20.3 Å². The highest BCUT2D eigenvalue weighted by Gasteiger charge is 2.59. The van der Waals surface area contributed by atoms with E-state index in [4.69, 9.17) is 0 Å². The Morgan fingerprint density at radius 2 is 2.09 bits per heavy atom. The minimum Gasteiger partial charge on any atom is -0.732 e. The second-order valence-corrected chi connectivity index (χ2v) is 12.6. The van der Waals surface area contributed by atoms with Gasteiger partial charge in [0.25, 0.3) is 5.92 Å². The summed E-state index contributed by atoms with van der Waals surface area (Å²) < 4.78 is 59.5. The van der Waals surface area contributed by atoms with Crippen molar-refractivity contribution in [2.24, 2.45) is 11.8 Å². The maximum atomic E-state index is 14.8. The van der Waals surface area contributed by atoms with Gasteiger partial charge in [0.2, 0.25) is 0 Å². The molecule has 2 aromatic rings. The van der Waals surface area contributed by atoms with Crippen LogP contribution in [0.5, 0.6) is 0 Å². The Balaban J connectivity index is 1.56. The molecule has 180 valence electrons. The lowest BCUT2D eigenvalue weighted by molar-refractivity contribution is 0.101. The molecule has 1 saturated heterocycles. The van der Waals surface area contributed by atoms with E-state index in [0.717, 1.165) is 33.7 Å². The average molecular weight is 480 g/mol. The number of halogens is 2. The topological polar surface area (TPSA) is 83.0 Å². The Bertz CT molecular complexity index is 1160. The molecule has 1 aliphatic carbocycles. The molecule has 10 heteroatoms. The highest BCUT2D eigenvalue weighted by molar-refractivity contribution is 8.17. The van der Waals surface area contributed by atoms with Crippen LogP contribution in [0.25, 0.3) is 0 Å². The van der Waals surface area contributed by atoms with Gasteiger partial charge in [-0.3, -0.25) is 13.5 Å². The zero-order chi connectivity index (χ0) is 23.6. The van der Waals surface area contributed by atoms with Crippen LogP contribution in [0.3, 0.4) is 0 Å². The standard InChI is InChI=1S/C23H30F2N4O3S/c1-16-5-6-17(12-28-9-7-18(13-28)15-30)10-21(16)33(31,32)27(2)22-20(4-3-8-26-22)29(33)14-19-11-23(19,24)25/h3-6,8,10,18-19,30H,7,9,11-15H2,1-2H3,(H,31,32)/p-1. The molecule has 3 heterocycles. The van der Waals surface area contributed by atoms with Crippen LogP contribution in [-0.4, -0.2) is 63.0 Å². The average Bonchev–Trinajstić information content (AvgIpc) is 3.09. The van der Waals surface area contributed by atoms with E-state index in [2.05, 4.69) is 9.88 Å². The summed E-state index contributed by atoms with van der Waals surface area (Å²) in [5.41, 5.74) is 1.70. The van der Waals surface area contributed by atoms with Crippen LogP contribution in [-0.2, 0) is 16.3 Å². The first-order valence-corrected chi connectivity index (χ1v) is 13.0. The van der Waals surface area contributed by atoms with Crippen LogP contribution < -0.4 is 8.61 Å². The van der Waals surface area contributed by atoms with Crippen LogP contribution in [0, 0.1) is 18.8 Å². The fraction of sp³-hybridized carbons (Fsp3) is 0.522. The molecule has 5 rings (SSSR count). The molecule has 0 spiro atoms. The van der Waals surface area contributed by atoms with Gasteiger partial charge in [-0.05, 0) is 55.1 Å². The number of alkyl halides is 2. The highest BCUT2D eigenvalue weighted by Crippen LogP contribution is 2.57. The first kappa shape index (κ1) is 22.6. The molecule has 7 nitrogen and oxygen atoms in total. The van der Waals surface area contributed by atoms with E-state index in [1.54, 1.807) is 31.2 Å². The van der Waals surface area contributed by atoms with Crippen molar-refractivity contribution in [1.82, 2.24) is 9.88 Å². The van der Waals surface area contributed by atoms with Crippen molar-refractivity contribution in [3.05, 3.63) is 47.7 Å². The molecule has 3 aliphatic rings. The van der Waals surface area contributed by atoms with Crippen molar-refractivity contribution in [2.45, 2.75) is 37.1 Å². The molecule has 0 amide bonds. The van der Waals surface area contributed by atoms with Gasteiger partial charge in [0.1, 0.15) is 0 Å². The van der Waals surface area contributed by atoms with Gasteiger partial charge in [0.15, 0.2) is 5.82 Å². The minimum atomic E-state index is -5.21. The number of aliphatic hydroxyl groups excluding tert-OH is 1. The monoisotopic (exact) mass is 479 g/mol. The van der Waals surface area contributed by atoms with E-state index in [-0.39, 0.29) is 36.2 Å². The highest BCUT2D eigenvalue weighted by atomic mass is 32.3. The number of likely N-dealkylation sites (tertiary alicyclic amines) is 1. The number of fused-ring (bicyclic) bond motifs is 1. The number of rotatable bonds is 6. The number of hydrogen-bond acceptors (Lipinski definition) is 5. The maximum absolute atomic E-state index is 14.8. The lowest BCUT2D eigenvalue weighted by Crippen LogP contribution is -2.58. The third kappa shape index (κ3) is 3.46. The van der Waals surface area contributed by atoms with Crippen molar-refractivity contribution < 1.29 is 22.6 Å². The molecule has 1 aromatic carbocycles. The minimum absolute atomic E-state index is 0.104. The summed E-state index contributed by atoms with van der Waals surface area (Å²) in [6.07, 6.45) is 2.10. The summed E-state index contributed by atoms with van der Waals surface area (Å²) >= 11 is 0. The lowest BCUT2D eigenvalue weighted by atomic mass is 10.1. The van der Waals surface area contributed by atoms with Gasteiger partial charge in [-0.15, -0.1) is 0 Å². The second kappa shape index (κ2) is 7.43. The molecule has 2 unspecified atom stereocenters. The predicted molar refractivity (Wildman–Crippen MR) is 122 cm³/mol. The van der Waals surface area contributed by atoms with Gasteiger partial charge in [-0.1, -0.05) is 12.1 Å². The summed E-state index contributed by atoms with van der Waals surface area (Å²) in [4.78, 5) is 6.56. The quantitative estimate of drug-likeness (QED) is 0.689. The SMILES string of the molecule is Cc1ccc(CN2CCC(CO)C2)cc1S1(=O)([O-])N(C)c2ncccc2N1CC1CC1(F)F. The molecule has 1 aromatic heterocycles. The van der Waals surface area contributed by atoms with Crippen LogP contribution >= 0.6 is 0 Å². The molecule has 2 fully saturated rings. The lowest BCUT2D eigenvalue weighted by Gasteiger charge is -2.62. The third-order valence-corrected chi connectivity index (χ3v) is 10.7. The number of nitrogens with zero attached hydrogens (tertiary/aromatic N) is 4. The zero-order valence-corrected chi connectivity index (χ0v) is 19.6. The second-order valence-electron chi connectivity index (χ2n) is 9.54. The summed E-state index contributed by atoms with van der Waals surface area (Å²) in [5.74, 6) is -3.39. The van der Waals surface area contributed by atoms with Gasteiger partial charge < -0.3 is 9.66 Å². The number of pyridine rings is 1. The van der Waals surface area contributed by atoms with E-state index >= 15 is 0 Å². The molecule has 0 radical (unpaired) electrons.